The molecule has 0 aliphatic heterocycles. The second kappa shape index (κ2) is 4.94. The van der Waals surface area contributed by atoms with Crippen LogP contribution in [0.15, 0.2) is 6.20 Å². The molecule has 1 atom stereocenters. The van der Waals surface area contributed by atoms with Crippen LogP contribution in [0.4, 0.5) is 5.13 Å². The second-order valence-electron chi connectivity index (χ2n) is 2.62. The van der Waals surface area contributed by atoms with Gasteiger partial charge in [-0.3, -0.25) is 0 Å². The van der Waals surface area contributed by atoms with E-state index in [1.54, 1.807) is 24.6 Å². The van der Waals surface area contributed by atoms with E-state index in [2.05, 4.69) is 15.6 Å². The maximum absolute atomic E-state index is 10.5. The molecule has 13 heavy (non-hydrogen) atoms. The van der Waals surface area contributed by atoms with E-state index in [0.717, 1.165) is 16.3 Å². The summed E-state index contributed by atoms with van der Waals surface area (Å²) in [7, 11) is 3.61. The molecule has 0 fully saturated rings. The van der Waals surface area contributed by atoms with Crippen molar-refractivity contribution in [2.45, 2.75) is 12.5 Å². The van der Waals surface area contributed by atoms with Crippen LogP contribution in [-0.2, 0) is 11.2 Å². The summed E-state index contributed by atoms with van der Waals surface area (Å²) in [5.41, 5.74) is 0. The van der Waals surface area contributed by atoms with E-state index < -0.39 is 0 Å². The molecule has 1 heterocycles. The molecule has 5 heteroatoms. The average molecular weight is 199 g/mol. The van der Waals surface area contributed by atoms with Gasteiger partial charge in [-0.05, 0) is 7.05 Å². The fraction of sp³-hybridized carbons (Fsp3) is 0.500. The number of carbonyl (C=O) groups excluding carboxylic acids is 1. The number of aromatic nitrogens is 1. The summed E-state index contributed by atoms with van der Waals surface area (Å²) in [6.07, 6.45) is 3.42. The van der Waals surface area contributed by atoms with Crippen LogP contribution in [0.1, 0.15) is 4.88 Å². The van der Waals surface area contributed by atoms with Crippen molar-refractivity contribution in [3.8, 4) is 0 Å². The van der Waals surface area contributed by atoms with Crippen LogP contribution in [0, 0.1) is 0 Å². The SMILES string of the molecule is CNc1ncc(CC(C=O)NC)s1. The van der Waals surface area contributed by atoms with Gasteiger partial charge in [0.15, 0.2) is 5.13 Å². The van der Waals surface area contributed by atoms with E-state index in [9.17, 15) is 4.79 Å². The van der Waals surface area contributed by atoms with Gasteiger partial charge < -0.3 is 15.4 Å². The van der Waals surface area contributed by atoms with E-state index in [-0.39, 0.29) is 6.04 Å². The number of rotatable bonds is 5. The van der Waals surface area contributed by atoms with Crippen molar-refractivity contribution in [1.29, 1.82) is 0 Å². The number of nitrogens with zero attached hydrogens (tertiary/aromatic N) is 1. The van der Waals surface area contributed by atoms with Crippen LogP contribution in [0.25, 0.3) is 0 Å². The van der Waals surface area contributed by atoms with Gasteiger partial charge in [-0.15, -0.1) is 11.3 Å². The maximum atomic E-state index is 10.5. The van der Waals surface area contributed by atoms with Crippen molar-refractivity contribution in [3.05, 3.63) is 11.1 Å². The van der Waals surface area contributed by atoms with Gasteiger partial charge in [0.25, 0.3) is 0 Å². The minimum absolute atomic E-state index is 0.106. The van der Waals surface area contributed by atoms with Crippen molar-refractivity contribution in [2.24, 2.45) is 0 Å². The summed E-state index contributed by atoms with van der Waals surface area (Å²) in [5.74, 6) is 0. The van der Waals surface area contributed by atoms with Gasteiger partial charge in [0.05, 0.1) is 6.04 Å². The molecule has 0 bridgehead atoms. The lowest BCUT2D eigenvalue weighted by molar-refractivity contribution is -0.109. The molecule has 0 saturated heterocycles. The highest BCUT2D eigenvalue weighted by atomic mass is 32.1. The van der Waals surface area contributed by atoms with Gasteiger partial charge in [0, 0.05) is 24.5 Å². The van der Waals surface area contributed by atoms with Crippen LogP contribution < -0.4 is 10.6 Å². The molecule has 72 valence electrons. The Morgan fingerprint density at radius 2 is 2.46 bits per heavy atom. The van der Waals surface area contributed by atoms with Crippen LogP contribution >= 0.6 is 11.3 Å². The Kier molecular flexibility index (Phi) is 3.85. The highest BCUT2D eigenvalue weighted by Crippen LogP contribution is 2.18. The third-order valence-electron chi connectivity index (χ3n) is 1.72. The first-order chi connectivity index (χ1) is 6.30. The molecular formula is C8H13N3OS. The molecule has 1 unspecified atom stereocenters. The summed E-state index contributed by atoms with van der Waals surface area (Å²) in [5, 5.41) is 6.76. The molecule has 0 aliphatic rings. The van der Waals surface area contributed by atoms with Gasteiger partial charge in [-0.2, -0.15) is 0 Å². The molecule has 1 rings (SSSR count). The zero-order valence-corrected chi connectivity index (χ0v) is 8.52. The highest BCUT2D eigenvalue weighted by molar-refractivity contribution is 7.15. The van der Waals surface area contributed by atoms with Gasteiger partial charge in [-0.1, -0.05) is 0 Å². The van der Waals surface area contributed by atoms with Crippen molar-refractivity contribution < 1.29 is 4.79 Å². The molecule has 2 N–H and O–H groups in total. The number of nitrogens with one attached hydrogen (secondary N) is 2. The number of hydrogen-bond acceptors (Lipinski definition) is 5. The Morgan fingerprint density at radius 1 is 1.69 bits per heavy atom. The number of hydrogen-bond donors (Lipinski definition) is 2. The van der Waals surface area contributed by atoms with Crippen molar-refractivity contribution in [2.75, 3.05) is 19.4 Å². The van der Waals surface area contributed by atoms with Crippen molar-refractivity contribution in [3.63, 3.8) is 0 Å². The molecule has 1 aromatic rings. The number of likely N-dealkylation sites (N-methyl/N-ethyl adjacent to an activating group) is 1. The predicted octanol–water partition coefficient (Wildman–Crippen LogP) is 0.514. The van der Waals surface area contributed by atoms with Crippen LogP contribution in [0.5, 0.6) is 0 Å². The predicted molar refractivity (Wildman–Crippen MR) is 54.3 cm³/mol. The Hall–Kier alpha value is -0.940. The third kappa shape index (κ3) is 2.78. The Labute approximate surface area is 81.4 Å². The number of carbonyl (C=O) groups is 1. The number of thiazole rings is 1. The number of anilines is 1. The molecule has 4 nitrogen and oxygen atoms in total. The smallest absolute Gasteiger partial charge is 0.182 e. The monoisotopic (exact) mass is 199 g/mol. The largest absolute Gasteiger partial charge is 0.365 e. The number of aldehydes is 1. The fourth-order valence-electron chi connectivity index (χ4n) is 0.952. The summed E-state index contributed by atoms with van der Waals surface area (Å²) >= 11 is 1.57. The lowest BCUT2D eigenvalue weighted by Crippen LogP contribution is -2.28. The van der Waals surface area contributed by atoms with Gasteiger partial charge >= 0.3 is 0 Å². The first kappa shape index (κ1) is 10.1. The first-order valence-corrected chi connectivity index (χ1v) is 4.86. The van der Waals surface area contributed by atoms with Crippen LogP contribution in [-0.4, -0.2) is 31.4 Å². The van der Waals surface area contributed by atoms with Gasteiger partial charge in [0.2, 0.25) is 0 Å². The Bertz CT molecular complexity index is 274. The van der Waals surface area contributed by atoms with Crippen molar-refractivity contribution >= 4 is 22.8 Å². The zero-order valence-electron chi connectivity index (χ0n) is 7.70. The fourth-order valence-corrected chi connectivity index (χ4v) is 1.78. The average Bonchev–Trinajstić information content (AvgIpc) is 2.61. The van der Waals surface area contributed by atoms with E-state index in [0.29, 0.717) is 6.42 Å². The van der Waals surface area contributed by atoms with Gasteiger partial charge in [-0.25, -0.2) is 4.98 Å². The first-order valence-electron chi connectivity index (χ1n) is 4.05. The molecule has 0 spiro atoms. The molecule has 0 amide bonds. The quantitative estimate of drug-likeness (QED) is 0.679. The Balaban J connectivity index is 2.57. The molecule has 0 radical (unpaired) electrons. The second-order valence-corrected chi connectivity index (χ2v) is 3.73. The molecule has 0 aliphatic carbocycles. The highest BCUT2D eigenvalue weighted by Gasteiger charge is 2.07. The lowest BCUT2D eigenvalue weighted by atomic mass is 10.2. The molecule has 0 aromatic carbocycles. The maximum Gasteiger partial charge on any atom is 0.182 e. The Morgan fingerprint density at radius 3 is 2.92 bits per heavy atom. The van der Waals surface area contributed by atoms with E-state index in [1.807, 2.05) is 7.05 Å². The molecular weight excluding hydrogens is 186 g/mol. The standard InChI is InChI=1S/C8H13N3OS/c1-9-6(5-12)3-7-4-11-8(10-2)13-7/h4-6,9H,3H2,1-2H3,(H,10,11). The molecule has 1 aromatic heterocycles. The topological polar surface area (TPSA) is 54.0 Å². The minimum Gasteiger partial charge on any atom is -0.365 e. The zero-order chi connectivity index (χ0) is 9.68. The summed E-state index contributed by atoms with van der Waals surface area (Å²) < 4.78 is 0. The van der Waals surface area contributed by atoms with Crippen LogP contribution in [0.2, 0.25) is 0 Å². The van der Waals surface area contributed by atoms with E-state index >= 15 is 0 Å². The molecule has 0 saturated carbocycles. The lowest BCUT2D eigenvalue weighted by Gasteiger charge is -2.04. The summed E-state index contributed by atoms with van der Waals surface area (Å²) in [4.78, 5) is 15.8. The van der Waals surface area contributed by atoms with Crippen molar-refractivity contribution in [1.82, 2.24) is 10.3 Å². The van der Waals surface area contributed by atoms with Crippen LogP contribution in [0.3, 0.4) is 0 Å². The van der Waals surface area contributed by atoms with Gasteiger partial charge in [0.1, 0.15) is 6.29 Å². The van der Waals surface area contributed by atoms with E-state index in [1.165, 1.54) is 0 Å². The summed E-state index contributed by atoms with van der Waals surface area (Å²) in [6, 6.07) is -0.106. The third-order valence-corrected chi connectivity index (χ3v) is 2.76. The summed E-state index contributed by atoms with van der Waals surface area (Å²) in [6.45, 7) is 0. The van der Waals surface area contributed by atoms with E-state index in [4.69, 9.17) is 0 Å². The normalized spacial score (nSPS) is 12.5. The minimum atomic E-state index is -0.106.